The molecule has 7 heteroatoms. The van der Waals surface area contributed by atoms with Crippen molar-refractivity contribution in [3.63, 3.8) is 0 Å². The van der Waals surface area contributed by atoms with Gasteiger partial charge in [-0.3, -0.25) is 9.69 Å². The number of amides is 1. The smallest absolute Gasteiger partial charge is 0.243 e. The Labute approximate surface area is 136 Å². The molecular weight excluding hydrogens is 317 g/mol. The molecule has 1 aliphatic heterocycles. The Morgan fingerprint density at radius 1 is 1.22 bits per heavy atom. The molecule has 0 spiro atoms. The number of anilines is 1. The van der Waals surface area contributed by atoms with Crippen molar-refractivity contribution in [3.05, 3.63) is 59.9 Å². The van der Waals surface area contributed by atoms with Crippen molar-refractivity contribution in [2.24, 2.45) is 10.2 Å². The molecule has 1 fully saturated rings. The molecule has 2 aromatic carbocycles. The lowest BCUT2D eigenvalue weighted by atomic mass is 10.2. The molecule has 23 heavy (non-hydrogen) atoms. The monoisotopic (exact) mass is 329 g/mol. The quantitative estimate of drug-likeness (QED) is 0.695. The zero-order chi connectivity index (χ0) is 16.2. The van der Waals surface area contributed by atoms with Crippen LogP contribution in [-0.2, 0) is 4.79 Å². The van der Waals surface area contributed by atoms with Gasteiger partial charge in [-0.05, 0) is 30.3 Å². The maximum atomic E-state index is 13.4. The fourth-order valence-corrected chi connectivity index (χ4v) is 2.87. The van der Waals surface area contributed by atoms with Gasteiger partial charge in [-0.2, -0.15) is 5.10 Å². The predicted octanol–water partition coefficient (Wildman–Crippen LogP) is 3.00. The first-order valence-electron chi connectivity index (χ1n) is 6.75. The van der Waals surface area contributed by atoms with Crippen molar-refractivity contribution in [2.45, 2.75) is 0 Å². The number of rotatable bonds is 3. The summed E-state index contributed by atoms with van der Waals surface area (Å²) in [5.74, 6) is -0.295. The van der Waals surface area contributed by atoms with E-state index in [4.69, 9.17) is 0 Å². The molecule has 0 radical (unpaired) electrons. The van der Waals surface area contributed by atoms with Gasteiger partial charge in [0.15, 0.2) is 5.17 Å². The van der Waals surface area contributed by atoms with E-state index in [0.717, 1.165) is 0 Å². The molecule has 0 unspecified atom stereocenters. The van der Waals surface area contributed by atoms with Crippen LogP contribution in [0.25, 0.3) is 0 Å². The van der Waals surface area contributed by atoms with Crippen molar-refractivity contribution in [3.8, 4) is 5.75 Å². The Morgan fingerprint density at radius 2 is 2.04 bits per heavy atom. The maximum absolute atomic E-state index is 13.4. The van der Waals surface area contributed by atoms with E-state index in [2.05, 4.69) is 10.2 Å². The van der Waals surface area contributed by atoms with Gasteiger partial charge in [-0.1, -0.05) is 30.0 Å². The van der Waals surface area contributed by atoms with Crippen LogP contribution in [0.2, 0.25) is 0 Å². The lowest BCUT2D eigenvalue weighted by Gasteiger charge is -2.14. The fraction of sp³-hybridized carbons (Fsp3) is 0.0625. The zero-order valence-electron chi connectivity index (χ0n) is 11.9. The van der Waals surface area contributed by atoms with Crippen LogP contribution in [0.3, 0.4) is 0 Å². The number of benzene rings is 2. The van der Waals surface area contributed by atoms with Gasteiger partial charge in [0.2, 0.25) is 5.91 Å². The molecule has 0 atom stereocenters. The lowest BCUT2D eigenvalue weighted by Crippen LogP contribution is -2.29. The van der Waals surface area contributed by atoms with Gasteiger partial charge >= 0.3 is 0 Å². The van der Waals surface area contributed by atoms with Gasteiger partial charge < -0.3 is 5.11 Å². The number of phenolic OH excluding ortho intramolecular Hbond substituents is 1. The van der Waals surface area contributed by atoms with Crippen molar-refractivity contribution < 1.29 is 14.3 Å². The van der Waals surface area contributed by atoms with Crippen molar-refractivity contribution in [1.29, 1.82) is 0 Å². The molecule has 0 saturated carbocycles. The second-order valence-electron chi connectivity index (χ2n) is 4.68. The van der Waals surface area contributed by atoms with Crippen LogP contribution in [0.4, 0.5) is 10.1 Å². The first-order chi connectivity index (χ1) is 11.1. The number of aromatic hydroxyl groups is 1. The van der Waals surface area contributed by atoms with E-state index in [-0.39, 0.29) is 17.4 Å². The number of thioether (sulfide) groups is 1. The first-order valence-corrected chi connectivity index (χ1v) is 7.74. The van der Waals surface area contributed by atoms with E-state index in [9.17, 15) is 14.3 Å². The Hall–Kier alpha value is -2.67. The first kappa shape index (κ1) is 15.2. The van der Waals surface area contributed by atoms with Crippen LogP contribution in [0, 0.1) is 5.82 Å². The van der Waals surface area contributed by atoms with E-state index >= 15 is 0 Å². The third kappa shape index (κ3) is 3.40. The highest BCUT2D eigenvalue weighted by Crippen LogP contribution is 2.27. The van der Waals surface area contributed by atoms with Gasteiger partial charge in [0.05, 0.1) is 17.7 Å². The minimum atomic E-state index is -0.427. The number of halogens is 1. The minimum Gasteiger partial charge on any atom is -0.507 e. The lowest BCUT2D eigenvalue weighted by molar-refractivity contribution is -0.115. The van der Waals surface area contributed by atoms with Gasteiger partial charge in [0.25, 0.3) is 0 Å². The van der Waals surface area contributed by atoms with Crippen molar-refractivity contribution >= 4 is 34.7 Å². The molecule has 116 valence electrons. The van der Waals surface area contributed by atoms with E-state index in [0.29, 0.717) is 16.4 Å². The number of carbonyl (C=O) groups excluding carboxylic acids is 1. The fourth-order valence-electron chi connectivity index (χ4n) is 2.04. The third-order valence-electron chi connectivity index (χ3n) is 3.11. The molecule has 0 bridgehead atoms. The number of hydrogen-bond acceptors (Lipinski definition) is 5. The summed E-state index contributed by atoms with van der Waals surface area (Å²) in [5.41, 5.74) is 0.931. The van der Waals surface area contributed by atoms with Crippen LogP contribution in [0.1, 0.15) is 5.56 Å². The summed E-state index contributed by atoms with van der Waals surface area (Å²) in [6, 6.07) is 12.4. The molecule has 0 aromatic heterocycles. The molecule has 2 aromatic rings. The molecule has 5 nitrogen and oxygen atoms in total. The van der Waals surface area contributed by atoms with E-state index < -0.39 is 5.82 Å². The maximum Gasteiger partial charge on any atom is 0.243 e. The van der Waals surface area contributed by atoms with Crippen LogP contribution in [0.15, 0.2) is 58.7 Å². The van der Waals surface area contributed by atoms with Crippen LogP contribution < -0.4 is 4.90 Å². The van der Waals surface area contributed by atoms with E-state index in [1.165, 1.54) is 41.1 Å². The third-order valence-corrected chi connectivity index (χ3v) is 4.02. The number of carbonyl (C=O) groups is 1. The molecule has 1 amide bonds. The normalized spacial score (nSPS) is 16.7. The van der Waals surface area contributed by atoms with Crippen LogP contribution >= 0.6 is 11.8 Å². The van der Waals surface area contributed by atoms with Gasteiger partial charge in [0.1, 0.15) is 11.6 Å². The molecule has 1 N–H and O–H groups in total. The highest BCUT2D eigenvalue weighted by molar-refractivity contribution is 8.15. The Morgan fingerprint density at radius 3 is 2.83 bits per heavy atom. The second-order valence-corrected chi connectivity index (χ2v) is 5.63. The van der Waals surface area contributed by atoms with E-state index in [1.807, 2.05) is 0 Å². The Bertz CT molecular complexity index is 807. The number of nitrogens with zero attached hydrogens (tertiary/aromatic N) is 3. The molecule has 0 aliphatic carbocycles. The van der Waals surface area contributed by atoms with Crippen LogP contribution in [0.5, 0.6) is 5.75 Å². The molecule has 3 rings (SSSR count). The summed E-state index contributed by atoms with van der Waals surface area (Å²) >= 11 is 1.23. The summed E-state index contributed by atoms with van der Waals surface area (Å²) in [6.07, 6.45) is 1.40. The Balaban J connectivity index is 1.86. The summed E-state index contributed by atoms with van der Waals surface area (Å²) in [6.45, 7) is 0. The van der Waals surface area contributed by atoms with Crippen molar-refractivity contribution in [2.75, 3.05) is 10.7 Å². The highest BCUT2D eigenvalue weighted by Gasteiger charge is 2.30. The standard InChI is InChI=1S/C16H12FN3O2S/c17-12-5-3-6-13(8-12)20-15(22)10-23-16(20)19-18-9-11-4-1-2-7-14(11)21/h1-9,21H,10H2/b18-9+,19-16?. The summed E-state index contributed by atoms with van der Waals surface area (Å²) in [5, 5.41) is 18.0. The van der Waals surface area contributed by atoms with E-state index in [1.54, 1.807) is 30.3 Å². The highest BCUT2D eigenvalue weighted by atomic mass is 32.2. The van der Waals surface area contributed by atoms with Crippen molar-refractivity contribution in [1.82, 2.24) is 0 Å². The van der Waals surface area contributed by atoms with Gasteiger partial charge in [-0.15, -0.1) is 5.10 Å². The molecule has 1 aliphatic rings. The molecule has 1 saturated heterocycles. The van der Waals surface area contributed by atoms with Gasteiger partial charge in [0, 0.05) is 5.56 Å². The number of para-hydroxylation sites is 1. The molecular formula is C16H12FN3O2S. The second kappa shape index (κ2) is 6.62. The van der Waals surface area contributed by atoms with Gasteiger partial charge in [-0.25, -0.2) is 4.39 Å². The zero-order valence-corrected chi connectivity index (χ0v) is 12.7. The largest absolute Gasteiger partial charge is 0.507 e. The predicted molar refractivity (Wildman–Crippen MR) is 89.5 cm³/mol. The minimum absolute atomic E-state index is 0.0913. The SMILES string of the molecule is O=C1CSC(=N/N=C/c2ccccc2O)N1c1cccc(F)c1. The summed E-state index contributed by atoms with van der Waals surface area (Å²) in [4.78, 5) is 13.3. The molecule has 1 heterocycles. The number of phenols is 1. The topological polar surface area (TPSA) is 65.3 Å². The Kier molecular flexibility index (Phi) is 4.38. The average Bonchev–Trinajstić information content (AvgIpc) is 2.90. The summed E-state index contributed by atoms with van der Waals surface area (Å²) < 4.78 is 13.4. The average molecular weight is 329 g/mol. The number of hydrogen-bond donors (Lipinski definition) is 1. The number of amidine groups is 1. The summed E-state index contributed by atoms with van der Waals surface area (Å²) in [7, 11) is 0. The van der Waals surface area contributed by atoms with Crippen LogP contribution in [-0.4, -0.2) is 28.1 Å².